The second-order valence-corrected chi connectivity index (χ2v) is 7.53. The molecular weight excluding hydrogens is 457 g/mol. The molecule has 1 aliphatic heterocycles. The van der Waals surface area contributed by atoms with Crippen LogP contribution in [0.3, 0.4) is 0 Å². The van der Waals surface area contributed by atoms with Crippen molar-refractivity contribution in [3.8, 4) is 0 Å². The Morgan fingerprint density at radius 1 is 1.32 bits per heavy atom. The average Bonchev–Trinajstić information content (AvgIpc) is 2.58. The van der Waals surface area contributed by atoms with E-state index in [0.717, 1.165) is 37.8 Å². The maximum Gasteiger partial charge on any atom is 0.339 e. The smallest absolute Gasteiger partial charge is 0.339 e. The number of hydrogen-bond donors (Lipinski definition) is 2. The summed E-state index contributed by atoms with van der Waals surface area (Å²) in [5.41, 5.74) is 12.6. The number of esters is 1. The molecule has 0 unspecified atom stereocenters. The third kappa shape index (κ3) is 3.17. The minimum Gasteiger partial charge on any atom is -0.465 e. The van der Waals surface area contributed by atoms with Crippen LogP contribution in [0.25, 0.3) is 0 Å². The van der Waals surface area contributed by atoms with Crippen LogP contribution in [0.2, 0.25) is 5.02 Å². The highest BCUT2D eigenvalue weighted by molar-refractivity contribution is 14.1. The lowest BCUT2D eigenvalue weighted by Gasteiger charge is -2.46. The molecule has 1 saturated carbocycles. The van der Waals surface area contributed by atoms with Crippen LogP contribution in [0.1, 0.15) is 42.5 Å². The fraction of sp³-hybridized carbons (Fsp3) is 0.438. The lowest BCUT2D eigenvalue weighted by molar-refractivity contribution is 0.0601. The third-order valence-electron chi connectivity index (χ3n) is 4.56. The van der Waals surface area contributed by atoms with Crippen molar-refractivity contribution in [2.75, 3.05) is 12.0 Å². The molecule has 0 atom stereocenters. The van der Waals surface area contributed by atoms with Gasteiger partial charge in [0.2, 0.25) is 11.9 Å². The molecule has 0 aromatic heterocycles. The molecule has 0 amide bonds. The van der Waals surface area contributed by atoms with E-state index in [0.29, 0.717) is 14.2 Å². The van der Waals surface area contributed by atoms with Gasteiger partial charge in [-0.05, 0) is 60.4 Å². The van der Waals surface area contributed by atoms with Crippen LogP contribution in [0.5, 0.6) is 0 Å². The predicted molar refractivity (Wildman–Crippen MR) is 107 cm³/mol. The van der Waals surface area contributed by atoms with Gasteiger partial charge in [0.1, 0.15) is 5.66 Å². The Hall–Kier alpha value is -1.55. The highest BCUT2D eigenvalue weighted by atomic mass is 127. The molecule has 25 heavy (non-hydrogen) atoms. The van der Waals surface area contributed by atoms with Crippen molar-refractivity contribution in [2.45, 2.75) is 37.8 Å². The number of nitrogens with two attached hydrogens (primary N) is 2. The number of hydrogen-bond acceptors (Lipinski definition) is 7. The first kappa shape index (κ1) is 18.2. The van der Waals surface area contributed by atoms with Crippen LogP contribution in [0.4, 0.5) is 5.69 Å². The lowest BCUT2D eigenvalue weighted by Crippen LogP contribution is -2.58. The molecular formula is C16H19ClIN5O2. The van der Waals surface area contributed by atoms with E-state index in [-0.39, 0.29) is 11.9 Å². The molecule has 7 nitrogen and oxygen atoms in total. The average molecular weight is 476 g/mol. The highest BCUT2D eigenvalue weighted by Crippen LogP contribution is 2.42. The summed E-state index contributed by atoms with van der Waals surface area (Å²) in [6.45, 7) is 0. The molecule has 1 heterocycles. The minimum atomic E-state index is -0.551. The highest BCUT2D eigenvalue weighted by Gasteiger charge is 2.43. The Kier molecular flexibility index (Phi) is 5.10. The number of benzene rings is 1. The number of carbonyl (C=O) groups excluding carboxylic acids is 1. The molecule has 0 radical (unpaired) electrons. The Balaban J connectivity index is 2.12. The SMILES string of the molecule is COC(=O)c1ccc(N2C(N)=NC(N)=NC23CCCCC3)c(I)c1Cl. The molecule has 1 aliphatic carbocycles. The van der Waals surface area contributed by atoms with E-state index < -0.39 is 11.6 Å². The first-order chi connectivity index (χ1) is 11.9. The number of halogens is 2. The second kappa shape index (κ2) is 6.99. The van der Waals surface area contributed by atoms with Crippen molar-refractivity contribution in [3.63, 3.8) is 0 Å². The van der Waals surface area contributed by atoms with Gasteiger partial charge in [-0.15, -0.1) is 0 Å². The molecule has 1 spiro atoms. The molecule has 1 aromatic carbocycles. The van der Waals surface area contributed by atoms with E-state index in [4.69, 9.17) is 27.8 Å². The van der Waals surface area contributed by atoms with E-state index in [1.807, 2.05) is 4.90 Å². The summed E-state index contributed by atoms with van der Waals surface area (Å²) in [4.78, 5) is 22.6. The lowest BCUT2D eigenvalue weighted by atomic mass is 9.87. The van der Waals surface area contributed by atoms with Crippen molar-refractivity contribution >= 4 is 57.8 Å². The Labute approximate surface area is 164 Å². The Morgan fingerprint density at radius 3 is 2.64 bits per heavy atom. The van der Waals surface area contributed by atoms with Crippen molar-refractivity contribution < 1.29 is 9.53 Å². The van der Waals surface area contributed by atoms with Crippen LogP contribution in [0.15, 0.2) is 22.1 Å². The summed E-state index contributed by atoms with van der Waals surface area (Å²) in [6, 6.07) is 3.44. The molecule has 1 fully saturated rings. The second-order valence-electron chi connectivity index (χ2n) is 6.07. The maximum atomic E-state index is 11.9. The van der Waals surface area contributed by atoms with Gasteiger partial charge >= 0.3 is 5.97 Å². The first-order valence-corrected chi connectivity index (χ1v) is 9.41. The fourth-order valence-electron chi connectivity index (χ4n) is 3.45. The van der Waals surface area contributed by atoms with Gasteiger partial charge in [0.15, 0.2) is 0 Å². The zero-order valence-corrected chi connectivity index (χ0v) is 16.7. The van der Waals surface area contributed by atoms with Crippen LogP contribution in [0, 0.1) is 3.57 Å². The van der Waals surface area contributed by atoms with Crippen LogP contribution in [-0.4, -0.2) is 30.7 Å². The summed E-state index contributed by atoms with van der Waals surface area (Å²) in [5, 5.41) is 0.325. The summed E-state index contributed by atoms with van der Waals surface area (Å²) in [6.07, 6.45) is 4.88. The summed E-state index contributed by atoms with van der Waals surface area (Å²) in [7, 11) is 1.32. The van der Waals surface area contributed by atoms with Crippen LogP contribution in [-0.2, 0) is 4.74 Å². The predicted octanol–water partition coefficient (Wildman–Crippen LogP) is 2.84. The van der Waals surface area contributed by atoms with Gasteiger partial charge in [-0.25, -0.2) is 9.79 Å². The number of anilines is 1. The minimum absolute atomic E-state index is 0.197. The van der Waals surface area contributed by atoms with E-state index >= 15 is 0 Å². The van der Waals surface area contributed by atoms with Crippen molar-refractivity contribution in [1.82, 2.24) is 0 Å². The summed E-state index contributed by atoms with van der Waals surface area (Å²) >= 11 is 8.52. The van der Waals surface area contributed by atoms with E-state index in [2.05, 4.69) is 32.6 Å². The fourth-order valence-corrected chi connectivity index (χ4v) is 4.40. The Bertz CT molecular complexity index is 774. The first-order valence-electron chi connectivity index (χ1n) is 7.95. The molecule has 1 aromatic rings. The molecule has 0 bridgehead atoms. The monoisotopic (exact) mass is 475 g/mol. The van der Waals surface area contributed by atoms with E-state index in [1.54, 1.807) is 12.1 Å². The van der Waals surface area contributed by atoms with Gasteiger partial charge in [0.05, 0.1) is 27.0 Å². The Morgan fingerprint density at radius 2 is 2.00 bits per heavy atom. The normalized spacial score (nSPS) is 19.4. The standard InChI is InChI=1S/C16H19ClIN5O2/c1-25-13(24)9-5-6-10(12(18)11(9)17)23-15(20)21-14(19)22-16(23)7-3-2-4-8-16/h5-6H,2-4,7-8H2,1H3,(H4,19,20,21,22). The van der Waals surface area contributed by atoms with Gasteiger partial charge in [0, 0.05) is 0 Å². The number of ether oxygens (including phenoxy) is 1. The zero-order chi connectivity index (χ0) is 18.2. The largest absolute Gasteiger partial charge is 0.465 e. The number of nitrogens with zero attached hydrogens (tertiary/aromatic N) is 3. The van der Waals surface area contributed by atoms with Crippen molar-refractivity contribution in [2.24, 2.45) is 21.5 Å². The van der Waals surface area contributed by atoms with Crippen molar-refractivity contribution in [3.05, 3.63) is 26.3 Å². The van der Waals surface area contributed by atoms with Gasteiger partial charge in [0.25, 0.3) is 0 Å². The van der Waals surface area contributed by atoms with Gasteiger partial charge in [-0.1, -0.05) is 18.0 Å². The molecule has 134 valence electrons. The molecule has 0 saturated heterocycles. The van der Waals surface area contributed by atoms with E-state index in [9.17, 15) is 4.79 Å². The number of methoxy groups -OCH3 is 1. The quantitative estimate of drug-likeness (QED) is 0.505. The maximum absolute atomic E-state index is 11.9. The number of aliphatic imine (C=N–C) groups is 2. The van der Waals surface area contributed by atoms with Gasteiger partial charge in [-0.2, -0.15) is 4.99 Å². The molecule has 3 rings (SSSR count). The van der Waals surface area contributed by atoms with Gasteiger partial charge in [-0.3, -0.25) is 4.90 Å². The number of rotatable bonds is 2. The van der Waals surface area contributed by atoms with Crippen LogP contribution < -0.4 is 16.4 Å². The zero-order valence-electron chi connectivity index (χ0n) is 13.8. The number of guanidine groups is 2. The molecule has 9 heteroatoms. The summed E-state index contributed by atoms with van der Waals surface area (Å²) in [5.74, 6) is 0.00142. The number of carbonyl (C=O) groups is 1. The van der Waals surface area contributed by atoms with E-state index in [1.165, 1.54) is 7.11 Å². The third-order valence-corrected chi connectivity index (χ3v) is 6.36. The van der Waals surface area contributed by atoms with Crippen LogP contribution >= 0.6 is 34.2 Å². The topological polar surface area (TPSA) is 106 Å². The summed E-state index contributed by atoms with van der Waals surface area (Å²) < 4.78 is 5.47. The molecule has 4 N–H and O–H groups in total. The van der Waals surface area contributed by atoms with Crippen molar-refractivity contribution in [1.29, 1.82) is 0 Å². The van der Waals surface area contributed by atoms with Gasteiger partial charge < -0.3 is 16.2 Å². The molecule has 2 aliphatic rings.